The number of aliphatic hydroxyl groups is 1. The number of aliphatic hydroxyl groups excluding tert-OH is 1. The molecule has 0 amide bonds. The van der Waals surface area contributed by atoms with E-state index >= 15 is 0 Å². The van der Waals surface area contributed by atoms with Gasteiger partial charge in [-0.25, -0.2) is 0 Å². The summed E-state index contributed by atoms with van der Waals surface area (Å²) in [7, 11) is 0. The summed E-state index contributed by atoms with van der Waals surface area (Å²) in [5.41, 5.74) is 4.34. The van der Waals surface area contributed by atoms with Crippen molar-refractivity contribution in [2.24, 2.45) is 0 Å². The van der Waals surface area contributed by atoms with Crippen molar-refractivity contribution in [2.45, 2.75) is 25.4 Å². The van der Waals surface area contributed by atoms with E-state index in [1.165, 1.54) is 17.5 Å². The summed E-state index contributed by atoms with van der Waals surface area (Å²) in [5, 5.41) is 11.5. The average Bonchev–Trinajstić information content (AvgIpc) is 2.85. The van der Waals surface area contributed by atoms with E-state index in [0.717, 1.165) is 18.4 Å². The molecule has 0 fully saturated rings. The molecular weight excluding hydrogens is 279 g/mol. The van der Waals surface area contributed by atoms with Crippen LogP contribution in [0.15, 0.2) is 36.4 Å². The predicted molar refractivity (Wildman–Crippen MR) is 79.0 cm³/mol. The predicted octanol–water partition coefficient (Wildman–Crippen LogP) is 4.56. The number of aryl methyl sites for hydroxylation is 2. The minimum Gasteiger partial charge on any atom is -0.384 e. The van der Waals surface area contributed by atoms with E-state index in [2.05, 4.69) is 12.1 Å². The first-order chi connectivity index (χ1) is 9.15. The minimum absolute atomic E-state index is 0.500. The third-order valence-corrected chi connectivity index (χ3v) is 4.26. The van der Waals surface area contributed by atoms with E-state index in [1.54, 1.807) is 18.2 Å². The Balaban J connectivity index is 1.97. The van der Waals surface area contributed by atoms with Gasteiger partial charge in [-0.05, 0) is 48.1 Å². The maximum Gasteiger partial charge on any atom is 0.105 e. The molecule has 3 rings (SSSR count). The smallest absolute Gasteiger partial charge is 0.105 e. The third kappa shape index (κ3) is 2.51. The van der Waals surface area contributed by atoms with Gasteiger partial charge in [0.1, 0.15) is 6.10 Å². The van der Waals surface area contributed by atoms with Crippen LogP contribution in [0.1, 0.15) is 34.8 Å². The normalized spacial score (nSPS) is 15.3. The zero-order valence-corrected chi connectivity index (χ0v) is 11.9. The fraction of sp³-hybridized carbons (Fsp3) is 0.250. The fourth-order valence-electron chi connectivity index (χ4n) is 2.66. The maximum absolute atomic E-state index is 10.5. The summed E-state index contributed by atoms with van der Waals surface area (Å²) in [6, 6.07) is 11.4. The number of benzene rings is 2. The topological polar surface area (TPSA) is 20.2 Å². The Labute approximate surface area is 122 Å². The van der Waals surface area contributed by atoms with Gasteiger partial charge in [0.15, 0.2) is 0 Å². The molecule has 0 bridgehead atoms. The lowest BCUT2D eigenvalue weighted by Crippen LogP contribution is -2.01. The van der Waals surface area contributed by atoms with Crippen molar-refractivity contribution in [3.63, 3.8) is 0 Å². The van der Waals surface area contributed by atoms with E-state index < -0.39 is 6.10 Å². The zero-order chi connectivity index (χ0) is 13.4. The second kappa shape index (κ2) is 5.16. The first kappa shape index (κ1) is 13.0. The van der Waals surface area contributed by atoms with Gasteiger partial charge in [-0.1, -0.05) is 47.5 Å². The molecule has 1 N–H and O–H groups in total. The van der Waals surface area contributed by atoms with Gasteiger partial charge in [0, 0.05) is 15.6 Å². The highest BCUT2D eigenvalue weighted by molar-refractivity contribution is 6.35. The van der Waals surface area contributed by atoms with E-state index in [-0.39, 0.29) is 0 Å². The van der Waals surface area contributed by atoms with Crippen LogP contribution < -0.4 is 0 Å². The molecule has 1 aliphatic carbocycles. The van der Waals surface area contributed by atoms with Crippen molar-refractivity contribution in [1.29, 1.82) is 0 Å². The lowest BCUT2D eigenvalue weighted by atomic mass is 9.98. The summed E-state index contributed by atoms with van der Waals surface area (Å²) < 4.78 is 0. The van der Waals surface area contributed by atoms with Crippen molar-refractivity contribution in [2.75, 3.05) is 0 Å². The van der Waals surface area contributed by atoms with Crippen LogP contribution in [0.3, 0.4) is 0 Å². The van der Waals surface area contributed by atoms with Crippen molar-refractivity contribution < 1.29 is 5.11 Å². The van der Waals surface area contributed by atoms with E-state index in [0.29, 0.717) is 15.6 Å². The van der Waals surface area contributed by atoms with Crippen LogP contribution >= 0.6 is 23.2 Å². The lowest BCUT2D eigenvalue weighted by molar-refractivity contribution is 0.220. The molecule has 0 saturated carbocycles. The van der Waals surface area contributed by atoms with Gasteiger partial charge in [0.05, 0.1) is 0 Å². The second-order valence-electron chi connectivity index (χ2n) is 4.95. The largest absolute Gasteiger partial charge is 0.384 e. The molecule has 1 atom stereocenters. The van der Waals surface area contributed by atoms with E-state index in [1.807, 2.05) is 6.07 Å². The molecule has 0 aromatic heterocycles. The third-order valence-electron chi connectivity index (χ3n) is 3.70. The minimum atomic E-state index is -0.698. The molecule has 0 aliphatic heterocycles. The Kier molecular flexibility index (Phi) is 3.53. The van der Waals surface area contributed by atoms with Gasteiger partial charge < -0.3 is 5.11 Å². The van der Waals surface area contributed by atoms with Crippen LogP contribution in [0.5, 0.6) is 0 Å². The molecule has 0 spiro atoms. The molecule has 2 aromatic rings. The van der Waals surface area contributed by atoms with Gasteiger partial charge in [-0.3, -0.25) is 0 Å². The van der Waals surface area contributed by atoms with Crippen molar-refractivity contribution in [1.82, 2.24) is 0 Å². The Bertz CT molecular complexity index is 622. The van der Waals surface area contributed by atoms with Gasteiger partial charge in [0.2, 0.25) is 0 Å². The van der Waals surface area contributed by atoms with Crippen molar-refractivity contribution in [3.05, 3.63) is 68.7 Å². The number of hydrogen-bond donors (Lipinski definition) is 1. The summed E-state index contributed by atoms with van der Waals surface area (Å²) in [4.78, 5) is 0. The Morgan fingerprint density at radius 3 is 2.53 bits per heavy atom. The molecule has 98 valence electrons. The highest BCUT2D eigenvalue weighted by Crippen LogP contribution is 2.32. The SMILES string of the molecule is OC(c1ccc2c(c1)CCC2)c1ccc(Cl)cc1Cl. The lowest BCUT2D eigenvalue weighted by Gasteiger charge is -2.14. The molecule has 19 heavy (non-hydrogen) atoms. The number of rotatable bonds is 2. The van der Waals surface area contributed by atoms with Crippen LogP contribution in [0.4, 0.5) is 0 Å². The Morgan fingerprint density at radius 1 is 0.947 bits per heavy atom. The first-order valence-corrected chi connectivity index (χ1v) is 7.15. The van der Waals surface area contributed by atoms with Crippen molar-refractivity contribution in [3.8, 4) is 0 Å². The van der Waals surface area contributed by atoms with Gasteiger partial charge in [-0.15, -0.1) is 0 Å². The van der Waals surface area contributed by atoms with Gasteiger partial charge >= 0.3 is 0 Å². The summed E-state index contributed by atoms with van der Waals surface area (Å²) in [6.07, 6.45) is 2.75. The molecule has 0 saturated heterocycles. The van der Waals surface area contributed by atoms with Gasteiger partial charge in [-0.2, -0.15) is 0 Å². The first-order valence-electron chi connectivity index (χ1n) is 6.40. The second-order valence-corrected chi connectivity index (χ2v) is 5.79. The van der Waals surface area contributed by atoms with Crippen LogP contribution in [0.25, 0.3) is 0 Å². The number of halogens is 2. The van der Waals surface area contributed by atoms with E-state index in [4.69, 9.17) is 23.2 Å². The molecule has 1 nitrogen and oxygen atoms in total. The quantitative estimate of drug-likeness (QED) is 0.860. The average molecular weight is 293 g/mol. The Morgan fingerprint density at radius 2 is 1.74 bits per heavy atom. The van der Waals surface area contributed by atoms with Crippen LogP contribution in [-0.4, -0.2) is 5.11 Å². The monoisotopic (exact) mass is 292 g/mol. The molecule has 0 radical (unpaired) electrons. The Hall–Kier alpha value is -1.02. The summed E-state index contributed by atoms with van der Waals surface area (Å²) in [5.74, 6) is 0. The van der Waals surface area contributed by atoms with Crippen LogP contribution in [0, 0.1) is 0 Å². The highest BCUT2D eigenvalue weighted by Gasteiger charge is 2.17. The van der Waals surface area contributed by atoms with Gasteiger partial charge in [0.25, 0.3) is 0 Å². The molecule has 0 heterocycles. The number of fused-ring (bicyclic) bond motifs is 1. The van der Waals surface area contributed by atoms with Crippen molar-refractivity contribution >= 4 is 23.2 Å². The zero-order valence-electron chi connectivity index (χ0n) is 10.4. The summed E-state index contributed by atoms with van der Waals surface area (Å²) >= 11 is 12.0. The fourth-order valence-corrected chi connectivity index (χ4v) is 3.18. The van der Waals surface area contributed by atoms with Crippen LogP contribution in [0.2, 0.25) is 10.0 Å². The van der Waals surface area contributed by atoms with Crippen LogP contribution in [-0.2, 0) is 12.8 Å². The molecule has 1 unspecified atom stereocenters. The highest BCUT2D eigenvalue weighted by atomic mass is 35.5. The summed E-state index contributed by atoms with van der Waals surface area (Å²) in [6.45, 7) is 0. The number of hydrogen-bond acceptors (Lipinski definition) is 1. The van der Waals surface area contributed by atoms with E-state index in [9.17, 15) is 5.11 Å². The maximum atomic E-state index is 10.5. The molecular formula is C16H14Cl2O. The molecule has 1 aliphatic rings. The molecule has 3 heteroatoms. The standard InChI is InChI=1S/C16H14Cl2O/c17-13-6-7-14(15(18)9-13)16(19)12-5-4-10-2-1-3-11(10)8-12/h4-9,16,19H,1-3H2. The molecule has 2 aromatic carbocycles.